The van der Waals surface area contributed by atoms with Crippen LogP contribution in [0.25, 0.3) is 0 Å². The number of esters is 3. The van der Waals surface area contributed by atoms with Crippen LogP contribution in [-0.4, -0.2) is 37.2 Å². The molecule has 76 heavy (non-hydrogen) atoms. The van der Waals surface area contributed by atoms with Crippen molar-refractivity contribution >= 4 is 17.9 Å². The van der Waals surface area contributed by atoms with Crippen LogP contribution < -0.4 is 0 Å². The summed E-state index contributed by atoms with van der Waals surface area (Å²) < 4.78 is 16.9. The summed E-state index contributed by atoms with van der Waals surface area (Å²) in [5.74, 6) is -0.883. The zero-order chi connectivity index (χ0) is 55.0. The van der Waals surface area contributed by atoms with Crippen molar-refractivity contribution in [2.24, 2.45) is 0 Å². The number of unbranched alkanes of at least 4 members (excludes halogenated alkanes) is 46. The number of hydrogen-bond donors (Lipinski definition) is 0. The Balaban J connectivity index is 4.09. The number of carbonyl (C=O) groups excluding carboxylic acids is 3. The molecule has 1 atom stereocenters. The highest BCUT2D eigenvalue weighted by molar-refractivity contribution is 5.71. The van der Waals surface area contributed by atoms with Gasteiger partial charge in [-0.15, -0.1) is 0 Å². The third-order valence-electron chi connectivity index (χ3n) is 15.4. The topological polar surface area (TPSA) is 78.9 Å². The van der Waals surface area contributed by atoms with Crippen LogP contribution in [0.15, 0.2) is 36.5 Å². The maximum absolute atomic E-state index is 12.9. The van der Waals surface area contributed by atoms with Crippen LogP contribution in [0.4, 0.5) is 0 Å². The quantitative estimate of drug-likeness (QED) is 0.0261. The summed E-state index contributed by atoms with van der Waals surface area (Å²) in [6, 6.07) is 0. The fraction of sp³-hybridized carbons (Fsp3) is 0.871. The highest BCUT2D eigenvalue weighted by Crippen LogP contribution is 2.19. The van der Waals surface area contributed by atoms with Gasteiger partial charge in [-0.1, -0.05) is 340 Å². The van der Waals surface area contributed by atoms with Crippen molar-refractivity contribution in [3.63, 3.8) is 0 Å². The Kier molecular flexibility index (Phi) is 63.1. The second kappa shape index (κ2) is 65.2. The summed E-state index contributed by atoms with van der Waals surface area (Å²) >= 11 is 0. The molecule has 1 unspecified atom stereocenters. The first-order chi connectivity index (χ1) is 37.5. The first kappa shape index (κ1) is 73.6. The standard InChI is InChI=1S/C70H130O6/c1-4-7-10-13-16-19-22-25-27-28-29-30-31-32-33-34-35-36-37-38-39-40-41-42-43-46-48-51-54-57-60-63-69(72)75-66-67(65-74-68(71)62-59-56-53-50-47-44-24-21-18-15-12-9-6-3)76-70(73)64-61-58-55-52-49-45-26-23-20-17-14-11-8-5-2/h9,12,18,21,44,47,67H,4-8,10-11,13-17,19-20,22-43,45-46,48-66H2,1-3H3/b12-9-,21-18-,47-44-. The molecule has 0 rings (SSSR count). The molecule has 0 aromatic heterocycles. The average molecular weight is 1070 g/mol. The number of ether oxygens (including phenoxy) is 3. The Labute approximate surface area is 474 Å². The molecule has 0 aromatic rings. The Bertz CT molecular complexity index is 1270. The van der Waals surface area contributed by atoms with E-state index in [4.69, 9.17) is 14.2 Å². The molecule has 0 aliphatic heterocycles. The van der Waals surface area contributed by atoms with Gasteiger partial charge in [0.2, 0.25) is 0 Å². The minimum Gasteiger partial charge on any atom is -0.462 e. The van der Waals surface area contributed by atoms with Gasteiger partial charge >= 0.3 is 17.9 Å². The molecular formula is C70H130O6. The minimum atomic E-state index is -0.780. The molecule has 0 aliphatic rings. The average Bonchev–Trinajstić information content (AvgIpc) is 3.42. The van der Waals surface area contributed by atoms with Crippen LogP contribution in [0, 0.1) is 0 Å². The van der Waals surface area contributed by atoms with Crippen LogP contribution >= 0.6 is 0 Å². The van der Waals surface area contributed by atoms with Crippen LogP contribution in [0.5, 0.6) is 0 Å². The maximum Gasteiger partial charge on any atom is 0.306 e. The van der Waals surface area contributed by atoms with E-state index in [1.165, 1.54) is 250 Å². The normalized spacial score (nSPS) is 12.2. The van der Waals surface area contributed by atoms with Gasteiger partial charge in [-0.3, -0.25) is 14.4 Å². The predicted molar refractivity (Wildman–Crippen MR) is 330 cm³/mol. The number of rotatable bonds is 63. The lowest BCUT2D eigenvalue weighted by Crippen LogP contribution is -2.30. The van der Waals surface area contributed by atoms with Gasteiger partial charge in [0, 0.05) is 19.3 Å². The Morgan fingerprint density at radius 1 is 0.276 bits per heavy atom. The summed E-state index contributed by atoms with van der Waals surface area (Å²) in [5, 5.41) is 0. The molecular weight excluding hydrogens is 937 g/mol. The second-order valence-corrected chi connectivity index (χ2v) is 23.1. The molecule has 0 amide bonds. The molecule has 0 aromatic carbocycles. The van der Waals surface area contributed by atoms with Crippen molar-refractivity contribution in [3.05, 3.63) is 36.5 Å². The second-order valence-electron chi connectivity index (χ2n) is 23.1. The summed E-state index contributed by atoms with van der Waals surface area (Å²) in [5.41, 5.74) is 0. The fourth-order valence-electron chi connectivity index (χ4n) is 10.3. The van der Waals surface area contributed by atoms with Gasteiger partial charge in [-0.2, -0.15) is 0 Å². The molecule has 6 heteroatoms. The molecule has 0 saturated heterocycles. The Morgan fingerprint density at radius 3 is 0.803 bits per heavy atom. The summed E-state index contributed by atoms with van der Waals surface area (Å²) in [6.07, 6.45) is 80.5. The maximum atomic E-state index is 12.9. The summed E-state index contributed by atoms with van der Waals surface area (Å²) in [6.45, 7) is 6.56. The van der Waals surface area contributed by atoms with Gasteiger partial charge < -0.3 is 14.2 Å². The van der Waals surface area contributed by atoms with Crippen LogP contribution in [0.3, 0.4) is 0 Å². The van der Waals surface area contributed by atoms with E-state index in [0.717, 1.165) is 83.5 Å². The van der Waals surface area contributed by atoms with Crippen LogP contribution in [-0.2, 0) is 28.6 Å². The van der Waals surface area contributed by atoms with Gasteiger partial charge in [0.1, 0.15) is 13.2 Å². The van der Waals surface area contributed by atoms with Crippen molar-refractivity contribution in [1.29, 1.82) is 0 Å². The molecule has 0 fully saturated rings. The molecule has 0 N–H and O–H groups in total. The number of hydrogen-bond acceptors (Lipinski definition) is 6. The van der Waals surface area contributed by atoms with E-state index in [2.05, 4.69) is 57.2 Å². The van der Waals surface area contributed by atoms with Crippen LogP contribution in [0.1, 0.15) is 374 Å². The lowest BCUT2D eigenvalue weighted by molar-refractivity contribution is -0.167. The van der Waals surface area contributed by atoms with Gasteiger partial charge in [-0.25, -0.2) is 0 Å². The lowest BCUT2D eigenvalue weighted by Gasteiger charge is -2.18. The molecule has 0 saturated carbocycles. The third-order valence-corrected chi connectivity index (χ3v) is 15.4. The molecule has 0 aliphatic carbocycles. The predicted octanol–water partition coefficient (Wildman–Crippen LogP) is 23.2. The number of carbonyl (C=O) groups is 3. The fourth-order valence-corrected chi connectivity index (χ4v) is 10.3. The SMILES string of the molecule is CC/C=C\C/C=C\C/C=C\CCCCCC(=O)OCC(COC(=O)CCCCCCCCCCCCCCCCCCCCCCCCCCCCCCCCC)OC(=O)CCCCCCCCCCCCCCCC. The molecule has 0 spiro atoms. The van der Waals surface area contributed by atoms with Crippen molar-refractivity contribution in [2.75, 3.05) is 13.2 Å². The van der Waals surface area contributed by atoms with Gasteiger partial charge in [0.15, 0.2) is 6.10 Å². The van der Waals surface area contributed by atoms with Gasteiger partial charge in [0.05, 0.1) is 0 Å². The zero-order valence-electron chi connectivity index (χ0n) is 51.3. The van der Waals surface area contributed by atoms with Crippen LogP contribution in [0.2, 0.25) is 0 Å². The largest absolute Gasteiger partial charge is 0.462 e. The van der Waals surface area contributed by atoms with Gasteiger partial charge in [-0.05, 0) is 51.4 Å². The molecule has 446 valence electrons. The van der Waals surface area contributed by atoms with E-state index >= 15 is 0 Å². The van der Waals surface area contributed by atoms with Crippen molar-refractivity contribution < 1.29 is 28.6 Å². The first-order valence-corrected chi connectivity index (χ1v) is 34.0. The van der Waals surface area contributed by atoms with E-state index in [1.807, 2.05) is 0 Å². The molecule has 0 bridgehead atoms. The van der Waals surface area contributed by atoms with E-state index in [1.54, 1.807) is 0 Å². The number of allylic oxidation sites excluding steroid dienone is 6. The molecule has 0 heterocycles. The highest BCUT2D eigenvalue weighted by Gasteiger charge is 2.19. The molecule has 6 nitrogen and oxygen atoms in total. The summed E-state index contributed by atoms with van der Waals surface area (Å²) in [4.78, 5) is 38.2. The monoisotopic (exact) mass is 1070 g/mol. The summed E-state index contributed by atoms with van der Waals surface area (Å²) in [7, 11) is 0. The van der Waals surface area contributed by atoms with E-state index < -0.39 is 6.10 Å². The third kappa shape index (κ3) is 62.5. The Hall–Kier alpha value is -2.37. The zero-order valence-corrected chi connectivity index (χ0v) is 51.3. The van der Waals surface area contributed by atoms with Crippen molar-refractivity contribution in [2.45, 2.75) is 380 Å². The van der Waals surface area contributed by atoms with E-state index in [0.29, 0.717) is 19.3 Å². The minimum absolute atomic E-state index is 0.0762. The van der Waals surface area contributed by atoms with Crippen molar-refractivity contribution in [3.8, 4) is 0 Å². The molecule has 0 radical (unpaired) electrons. The Morgan fingerprint density at radius 2 is 0.513 bits per heavy atom. The van der Waals surface area contributed by atoms with E-state index in [-0.39, 0.29) is 31.1 Å². The smallest absolute Gasteiger partial charge is 0.306 e. The highest BCUT2D eigenvalue weighted by atomic mass is 16.6. The van der Waals surface area contributed by atoms with E-state index in [9.17, 15) is 14.4 Å². The van der Waals surface area contributed by atoms with Crippen molar-refractivity contribution in [1.82, 2.24) is 0 Å². The first-order valence-electron chi connectivity index (χ1n) is 34.0. The van der Waals surface area contributed by atoms with Gasteiger partial charge in [0.25, 0.3) is 0 Å². The lowest BCUT2D eigenvalue weighted by atomic mass is 10.0.